The lowest BCUT2D eigenvalue weighted by Gasteiger charge is -2.33. The van der Waals surface area contributed by atoms with E-state index < -0.39 is 10.0 Å². The zero-order chi connectivity index (χ0) is 16.3. The predicted octanol–water partition coefficient (Wildman–Crippen LogP) is 3.88. The number of hydrogen-bond acceptors (Lipinski definition) is 4. The standard InChI is InChI=1S/C16H18BrNO3S2/c17-13-3-5-16(6-4-13)23(19,20)18(12-15-2-1-11-22-15)14-7-9-21-10-8-14/h1-6,11,14H,7-10,12H2. The maximum Gasteiger partial charge on any atom is 0.243 e. The van der Waals surface area contributed by atoms with Crippen LogP contribution in [-0.4, -0.2) is 32.0 Å². The lowest BCUT2D eigenvalue weighted by molar-refractivity contribution is 0.0571. The van der Waals surface area contributed by atoms with E-state index in [0.717, 1.165) is 22.2 Å². The van der Waals surface area contributed by atoms with Crippen molar-refractivity contribution in [2.24, 2.45) is 0 Å². The van der Waals surface area contributed by atoms with Crippen LogP contribution in [0, 0.1) is 0 Å². The van der Waals surface area contributed by atoms with E-state index in [0.29, 0.717) is 24.7 Å². The fourth-order valence-electron chi connectivity index (χ4n) is 2.68. The van der Waals surface area contributed by atoms with Crippen molar-refractivity contribution in [2.45, 2.75) is 30.3 Å². The Bertz CT molecular complexity index is 723. The van der Waals surface area contributed by atoms with Crippen LogP contribution in [0.15, 0.2) is 51.1 Å². The smallest absolute Gasteiger partial charge is 0.243 e. The van der Waals surface area contributed by atoms with Gasteiger partial charge in [0, 0.05) is 35.2 Å². The van der Waals surface area contributed by atoms with E-state index >= 15 is 0 Å². The Morgan fingerprint density at radius 1 is 1.17 bits per heavy atom. The van der Waals surface area contributed by atoms with Crippen LogP contribution in [0.2, 0.25) is 0 Å². The molecule has 2 aromatic rings. The average Bonchev–Trinajstić information content (AvgIpc) is 3.07. The Hall–Kier alpha value is -0.730. The summed E-state index contributed by atoms with van der Waals surface area (Å²) < 4.78 is 34.2. The lowest BCUT2D eigenvalue weighted by Crippen LogP contribution is -2.42. The zero-order valence-electron chi connectivity index (χ0n) is 12.5. The third-order valence-corrected chi connectivity index (χ3v) is 7.21. The fraction of sp³-hybridized carbons (Fsp3) is 0.375. The molecule has 4 nitrogen and oxygen atoms in total. The Labute approximate surface area is 149 Å². The third kappa shape index (κ3) is 4.03. The van der Waals surface area contributed by atoms with Crippen molar-refractivity contribution in [3.05, 3.63) is 51.1 Å². The van der Waals surface area contributed by atoms with E-state index in [2.05, 4.69) is 15.9 Å². The number of nitrogens with zero attached hydrogens (tertiary/aromatic N) is 1. The molecule has 0 unspecified atom stereocenters. The molecular weight excluding hydrogens is 398 g/mol. The zero-order valence-corrected chi connectivity index (χ0v) is 15.7. The second-order valence-corrected chi connectivity index (χ2v) is 9.27. The molecule has 7 heteroatoms. The molecule has 0 amide bonds. The SMILES string of the molecule is O=S(=O)(c1ccc(Br)cc1)N(Cc1cccs1)C1CCOCC1. The maximum atomic E-state index is 13.1. The lowest BCUT2D eigenvalue weighted by atomic mass is 10.1. The van der Waals surface area contributed by atoms with Crippen molar-refractivity contribution in [2.75, 3.05) is 13.2 Å². The molecule has 0 spiro atoms. The molecule has 0 N–H and O–H groups in total. The topological polar surface area (TPSA) is 46.6 Å². The van der Waals surface area contributed by atoms with Crippen molar-refractivity contribution in [1.29, 1.82) is 0 Å². The fourth-order valence-corrected chi connectivity index (χ4v) is 5.39. The monoisotopic (exact) mass is 415 g/mol. The van der Waals surface area contributed by atoms with Crippen LogP contribution < -0.4 is 0 Å². The molecule has 1 aliphatic heterocycles. The molecule has 0 bridgehead atoms. The number of sulfonamides is 1. The molecule has 1 aromatic heterocycles. The van der Waals surface area contributed by atoms with Gasteiger partial charge in [-0.1, -0.05) is 22.0 Å². The van der Waals surface area contributed by atoms with E-state index in [4.69, 9.17) is 4.74 Å². The molecular formula is C16H18BrNO3S2. The highest BCUT2D eigenvalue weighted by Crippen LogP contribution is 2.27. The molecule has 1 aromatic carbocycles. The minimum absolute atomic E-state index is 0.0144. The van der Waals surface area contributed by atoms with Crippen molar-refractivity contribution in [1.82, 2.24) is 4.31 Å². The van der Waals surface area contributed by atoms with Gasteiger partial charge in [0.1, 0.15) is 0 Å². The Kier molecular flexibility index (Phi) is 5.53. The van der Waals surface area contributed by atoms with Gasteiger partial charge in [-0.15, -0.1) is 11.3 Å². The first-order valence-electron chi connectivity index (χ1n) is 7.45. The number of benzene rings is 1. The molecule has 124 valence electrons. The molecule has 0 atom stereocenters. The van der Waals surface area contributed by atoms with Crippen molar-refractivity contribution >= 4 is 37.3 Å². The van der Waals surface area contributed by atoms with Crippen LogP contribution in [0.4, 0.5) is 0 Å². The summed E-state index contributed by atoms with van der Waals surface area (Å²) in [6, 6.07) is 10.8. The summed E-state index contributed by atoms with van der Waals surface area (Å²) in [4.78, 5) is 1.39. The predicted molar refractivity (Wildman–Crippen MR) is 95.0 cm³/mol. The van der Waals surface area contributed by atoms with Crippen LogP contribution in [0.25, 0.3) is 0 Å². The molecule has 1 fully saturated rings. The van der Waals surface area contributed by atoms with Gasteiger partial charge in [-0.3, -0.25) is 0 Å². The number of rotatable bonds is 5. The van der Waals surface area contributed by atoms with Crippen molar-refractivity contribution in [3.8, 4) is 0 Å². The van der Waals surface area contributed by atoms with Gasteiger partial charge in [0.2, 0.25) is 10.0 Å². The molecule has 23 heavy (non-hydrogen) atoms. The first-order chi connectivity index (χ1) is 11.1. The third-order valence-electron chi connectivity index (χ3n) is 3.91. The van der Waals surface area contributed by atoms with Gasteiger partial charge in [-0.2, -0.15) is 4.31 Å². The molecule has 3 rings (SSSR count). The number of halogens is 1. The van der Waals surface area contributed by atoms with E-state index in [1.165, 1.54) is 0 Å². The van der Waals surface area contributed by atoms with Crippen molar-refractivity contribution < 1.29 is 13.2 Å². The molecule has 1 saturated heterocycles. The summed E-state index contributed by atoms with van der Waals surface area (Å²) in [6.45, 7) is 1.64. The van der Waals surface area contributed by atoms with Gasteiger partial charge >= 0.3 is 0 Å². The second-order valence-electron chi connectivity index (χ2n) is 5.43. The van der Waals surface area contributed by atoms with E-state index in [1.54, 1.807) is 39.9 Å². The minimum Gasteiger partial charge on any atom is -0.381 e. The minimum atomic E-state index is -3.53. The van der Waals surface area contributed by atoms with Gasteiger partial charge in [-0.25, -0.2) is 8.42 Å². The highest BCUT2D eigenvalue weighted by Gasteiger charge is 2.32. The Balaban J connectivity index is 1.93. The molecule has 0 saturated carbocycles. The first-order valence-corrected chi connectivity index (χ1v) is 10.6. The normalized spacial score (nSPS) is 16.8. The van der Waals surface area contributed by atoms with Crippen LogP contribution in [0.3, 0.4) is 0 Å². The average molecular weight is 416 g/mol. The number of thiophene rings is 1. The van der Waals surface area contributed by atoms with Crippen LogP contribution in [0.1, 0.15) is 17.7 Å². The van der Waals surface area contributed by atoms with Gasteiger partial charge < -0.3 is 4.74 Å². The summed E-state index contributed by atoms with van der Waals surface area (Å²) in [5, 5.41) is 1.98. The second kappa shape index (κ2) is 7.44. The van der Waals surface area contributed by atoms with Gasteiger partial charge in [-0.05, 0) is 48.6 Å². The Morgan fingerprint density at radius 3 is 2.48 bits per heavy atom. The summed E-state index contributed by atoms with van der Waals surface area (Å²) >= 11 is 4.94. The summed E-state index contributed by atoms with van der Waals surface area (Å²) in [7, 11) is -3.53. The first kappa shape index (κ1) is 17.1. The van der Waals surface area contributed by atoms with E-state index in [1.807, 2.05) is 17.5 Å². The van der Waals surface area contributed by atoms with Gasteiger partial charge in [0.15, 0.2) is 0 Å². The van der Waals surface area contributed by atoms with Crippen LogP contribution in [-0.2, 0) is 21.3 Å². The Morgan fingerprint density at radius 2 is 1.87 bits per heavy atom. The van der Waals surface area contributed by atoms with Crippen LogP contribution >= 0.6 is 27.3 Å². The molecule has 0 radical (unpaired) electrons. The van der Waals surface area contributed by atoms with E-state index in [9.17, 15) is 8.42 Å². The molecule has 1 aliphatic rings. The maximum absolute atomic E-state index is 13.1. The summed E-state index contributed by atoms with van der Waals surface area (Å²) in [6.07, 6.45) is 1.47. The molecule has 0 aliphatic carbocycles. The quantitative estimate of drug-likeness (QED) is 0.743. The van der Waals surface area contributed by atoms with Crippen molar-refractivity contribution in [3.63, 3.8) is 0 Å². The highest BCUT2D eigenvalue weighted by molar-refractivity contribution is 9.10. The number of ether oxygens (including phenoxy) is 1. The largest absolute Gasteiger partial charge is 0.381 e. The summed E-state index contributed by atoms with van der Waals surface area (Å²) in [5.41, 5.74) is 0. The summed E-state index contributed by atoms with van der Waals surface area (Å²) in [5.74, 6) is 0. The molecule has 2 heterocycles. The van der Waals surface area contributed by atoms with Crippen LogP contribution in [0.5, 0.6) is 0 Å². The highest BCUT2D eigenvalue weighted by atomic mass is 79.9. The number of hydrogen-bond donors (Lipinski definition) is 0. The van der Waals surface area contributed by atoms with Gasteiger partial charge in [0.05, 0.1) is 4.90 Å². The van der Waals surface area contributed by atoms with E-state index in [-0.39, 0.29) is 6.04 Å². The van der Waals surface area contributed by atoms with Gasteiger partial charge in [0.25, 0.3) is 0 Å².